The molecule has 0 aliphatic carbocycles. The maximum absolute atomic E-state index is 12.5. The summed E-state index contributed by atoms with van der Waals surface area (Å²) in [4.78, 5) is 48.8. The normalized spacial score (nSPS) is 14.1. The summed E-state index contributed by atoms with van der Waals surface area (Å²) >= 11 is 0. The molecule has 2 heterocycles. The predicted octanol–water partition coefficient (Wildman–Crippen LogP) is 9.61. The van der Waals surface area contributed by atoms with Crippen LogP contribution in [0, 0.1) is 0 Å². The van der Waals surface area contributed by atoms with Gasteiger partial charge in [0.15, 0.2) is 12.0 Å². The van der Waals surface area contributed by atoms with E-state index in [1.165, 1.54) is 51.4 Å². The van der Waals surface area contributed by atoms with Crippen LogP contribution < -0.4 is 5.32 Å². The monoisotopic (exact) mass is 744 g/mol. The molecule has 10 nitrogen and oxygen atoms in total. The van der Waals surface area contributed by atoms with Crippen molar-refractivity contribution in [1.29, 1.82) is 0 Å². The van der Waals surface area contributed by atoms with Gasteiger partial charge in [0, 0.05) is 35.7 Å². The molecule has 0 radical (unpaired) electrons. The number of carbonyl (C=O) groups excluding carboxylic acids is 2. The minimum Gasteiger partial charge on any atom is -0.490 e. The lowest BCUT2D eigenvalue weighted by atomic mass is 10.00. The first-order valence-corrected chi connectivity index (χ1v) is 19.5. The molecule has 0 saturated carbocycles. The van der Waals surface area contributed by atoms with Gasteiger partial charge in [0.2, 0.25) is 12.0 Å². The summed E-state index contributed by atoms with van der Waals surface area (Å²) in [6.07, 6.45) is 17.6. The number of allylic oxidation sites excluding steroid dienone is 1. The number of H-pyrrole nitrogens is 1. The Morgan fingerprint density at radius 2 is 1.42 bits per heavy atom. The fourth-order valence-electron chi connectivity index (χ4n) is 6.42. The Balaban J connectivity index is 1.26. The SMILES string of the molecule is CCCCCCCCCCCCNC(=O)C=Cc1ccc(-c2[nH]c(-c3ccc(C=C(C=O)OCC)cc3)nc2-c2ccc(C3=NOC(C(=O)O)C3)cc2)cc1. The van der Waals surface area contributed by atoms with E-state index in [4.69, 9.17) is 14.6 Å². The zero-order chi connectivity index (χ0) is 38.8. The number of nitrogens with zero attached hydrogens (tertiary/aromatic N) is 2. The molecule has 10 heteroatoms. The molecule has 0 bridgehead atoms. The summed E-state index contributed by atoms with van der Waals surface area (Å²) in [5, 5.41) is 16.3. The fraction of sp³-hybridized carbons (Fsp3) is 0.356. The van der Waals surface area contributed by atoms with Crippen LogP contribution in [-0.4, -0.2) is 58.2 Å². The minimum atomic E-state index is -1.05. The number of hydrogen-bond acceptors (Lipinski definition) is 7. The molecular weight excluding hydrogens is 693 g/mol. The lowest BCUT2D eigenvalue weighted by Crippen LogP contribution is -2.21. The van der Waals surface area contributed by atoms with Crippen LogP contribution in [-0.2, 0) is 24.0 Å². The standard InChI is InChI=1S/C45H52N4O6/c1-3-5-6-7-8-9-10-11-12-13-28-46-41(51)27-18-32-14-19-35(20-15-32)42-43(36-25-23-34(24-26-36)39-30-40(45(52)53)55-49-39)48-44(47-42)37-21-16-33(17-22-37)29-38(31-50)54-4-2/h14-27,29,31,40H,3-13,28,30H2,1-2H3,(H,46,51)(H,47,48)(H,52,53). The van der Waals surface area contributed by atoms with Crippen LogP contribution >= 0.6 is 0 Å². The van der Waals surface area contributed by atoms with Crippen LogP contribution in [0.3, 0.4) is 0 Å². The van der Waals surface area contributed by atoms with Crippen molar-refractivity contribution in [3.05, 3.63) is 101 Å². The zero-order valence-corrected chi connectivity index (χ0v) is 31.9. The van der Waals surface area contributed by atoms with E-state index in [1.807, 2.05) is 85.8 Å². The third-order valence-electron chi connectivity index (χ3n) is 9.52. The molecule has 0 spiro atoms. The van der Waals surface area contributed by atoms with Crippen LogP contribution in [0.15, 0.2) is 89.8 Å². The van der Waals surface area contributed by atoms with Gasteiger partial charge < -0.3 is 25.0 Å². The van der Waals surface area contributed by atoms with Gasteiger partial charge in [0.25, 0.3) is 0 Å². The fourth-order valence-corrected chi connectivity index (χ4v) is 6.42. The van der Waals surface area contributed by atoms with Gasteiger partial charge in [-0.1, -0.05) is 143 Å². The Bertz CT molecular complexity index is 1940. The number of aromatic amines is 1. The predicted molar refractivity (Wildman–Crippen MR) is 218 cm³/mol. The molecule has 55 heavy (non-hydrogen) atoms. The number of unbranched alkanes of at least 4 members (excludes halogenated alkanes) is 9. The van der Waals surface area contributed by atoms with Crippen molar-refractivity contribution in [2.75, 3.05) is 13.2 Å². The van der Waals surface area contributed by atoms with Gasteiger partial charge in [0.05, 0.1) is 23.7 Å². The van der Waals surface area contributed by atoms with E-state index < -0.39 is 12.1 Å². The number of carboxylic acid groups (broad SMARTS) is 1. The number of ether oxygens (including phenoxy) is 1. The molecule has 4 aromatic rings. The first kappa shape index (κ1) is 40.4. The van der Waals surface area contributed by atoms with Crippen LogP contribution in [0.1, 0.15) is 101 Å². The van der Waals surface area contributed by atoms with E-state index in [2.05, 4.69) is 22.4 Å². The summed E-state index contributed by atoms with van der Waals surface area (Å²) in [6, 6.07) is 23.2. The number of aliphatic carboxylic acids is 1. The van der Waals surface area contributed by atoms with E-state index in [-0.39, 0.29) is 18.1 Å². The highest BCUT2D eigenvalue weighted by molar-refractivity contribution is 6.03. The third kappa shape index (κ3) is 12.1. The first-order valence-electron chi connectivity index (χ1n) is 19.5. The number of amides is 1. The van der Waals surface area contributed by atoms with Gasteiger partial charge in [-0.05, 0) is 42.2 Å². The molecule has 288 valence electrons. The van der Waals surface area contributed by atoms with E-state index in [0.29, 0.717) is 31.0 Å². The quantitative estimate of drug-likeness (QED) is 0.0315. The topological polar surface area (TPSA) is 143 Å². The van der Waals surface area contributed by atoms with Crippen molar-refractivity contribution >= 4 is 36.0 Å². The van der Waals surface area contributed by atoms with Crippen molar-refractivity contribution in [2.24, 2.45) is 5.16 Å². The largest absolute Gasteiger partial charge is 0.490 e. The van der Waals surface area contributed by atoms with Crippen LogP contribution in [0.4, 0.5) is 0 Å². The highest BCUT2D eigenvalue weighted by atomic mass is 16.7. The summed E-state index contributed by atoms with van der Waals surface area (Å²) in [7, 11) is 0. The Kier molecular flexibility index (Phi) is 15.6. The van der Waals surface area contributed by atoms with Crippen molar-refractivity contribution in [1.82, 2.24) is 15.3 Å². The van der Waals surface area contributed by atoms with E-state index in [9.17, 15) is 19.5 Å². The molecule has 0 fully saturated rings. The Labute approximate surface area is 323 Å². The van der Waals surface area contributed by atoms with E-state index in [1.54, 1.807) is 12.2 Å². The van der Waals surface area contributed by atoms with Gasteiger partial charge >= 0.3 is 5.97 Å². The summed E-state index contributed by atoms with van der Waals surface area (Å²) in [5.41, 5.74) is 7.22. The van der Waals surface area contributed by atoms with Crippen LogP contribution in [0.2, 0.25) is 0 Å². The summed E-state index contributed by atoms with van der Waals surface area (Å²) < 4.78 is 5.37. The number of hydrogen-bond donors (Lipinski definition) is 3. The molecule has 0 saturated heterocycles. The molecular formula is C45H52N4O6. The number of rotatable bonds is 22. The Morgan fingerprint density at radius 3 is 2.04 bits per heavy atom. The first-order chi connectivity index (χ1) is 26.9. The molecule has 3 N–H and O–H groups in total. The second kappa shape index (κ2) is 21.2. The summed E-state index contributed by atoms with van der Waals surface area (Å²) in [5.74, 6) is -0.223. The molecule has 5 rings (SSSR count). The molecule has 1 aromatic heterocycles. The van der Waals surface area contributed by atoms with E-state index >= 15 is 0 Å². The van der Waals surface area contributed by atoms with Crippen molar-refractivity contribution in [3.8, 4) is 33.9 Å². The smallest absolute Gasteiger partial charge is 0.348 e. The van der Waals surface area contributed by atoms with E-state index in [0.717, 1.165) is 57.6 Å². The molecule has 1 unspecified atom stereocenters. The second-order valence-corrected chi connectivity index (χ2v) is 13.7. The third-order valence-corrected chi connectivity index (χ3v) is 9.52. The summed E-state index contributed by atoms with van der Waals surface area (Å²) in [6.45, 7) is 5.16. The number of aromatic nitrogens is 2. The number of carbonyl (C=O) groups is 3. The number of imidazole rings is 1. The molecule has 1 amide bonds. The number of carboxylic acids is 1. The van der Waals surface area contributed by atoms with Crippen molar-refractivity contribution in [3.63, 3.8) is 0 Å². The van der Waals surface area contributed by atoms with Crippen molar-refractivity contribution < 1.29 is 29.1 Å². The highest BCUT2D eigenvalue weighted by Crippen LogP contribution is 2.34. The van der Waals surface area contributed by atoms with Gasteiger partial charge in [-0.15, -0.1) is 0 Å². The molecule has 1 atom stereocenters. The lowest BCUT2D eigenvalue weighted by Gasteiger charge is -2.06. The number of nitrogens with one attached hydrogen (secondary N) is 2. The average Bonchev–Trinajstić information content (AvgIpc) is 3.89. The molecule has 1 aliphatic rings. The average molecular weight is 745 g/mol. The minimum absolute atomic E-state index is 0.0978. The Hall–Kier alpha value is -5.77. The highest BCUT2D eigenvalue weighted by Gasteiger charge is 2.28. The maximum atomic E-state index is 12.5. The van der Waals surface area contributed by atoms with Crippen molar-refractivity contribution in [2.45, 2.75) is 90.6 Å². The number of aldehydes is 1. The Morgan fingerprint density at radius 1 is 0.818 bits per heavy atom. The molecule has 1 aliphatic heterocycles. The zero-order valence-electron chi connectivity index (χ0n) is 31.9. The van der Waals surface area contributed by atoms with Crippen LogP contribution in [0.5, 0.6) is 0 Å². The second-order valence-electron chi connectivity index (χ2n) is 13.7. The van der Waals surface area contributed by atoms with Gasteiger partial charge in [-0.2, -0.15) is 0 Å². The number of benzene rings is 3. The maximum Gasteiger partial charge on any atom is 0.348 e. The van der Waals surface area contributed by atoms with Crippen LogP contribution in [0.25, 0.3) is 46.1 Å². The molecule has 3 aromatic carbocycles. The van der Waals surface area contributed by atoms with Gasteiger partial charge in [-0.3, -0.25) is 9.59 Å². The lowest BCUT2D eigenvalue weighted by molar-refractivity contribution is -0.148. The van der Waals surface area contributed by atoms with Gasteiger partial charge in [-0.25, -0.2) is 9.78 Å². The number of oxime groups is 1. The van der Waals surface area contributed by atoms with Gasteiger partial charge in [0.1, 0.15) is 5.82 Å².